The van der Waals surface area contributed by atoms with E-state index in [4.69, 9.17) is 4.74 Å². The predicted octanol–water partition coefficient (Wildman–Crippen LogP) is 2.86. The second kappa shape index (κ2) is 6.72. The maximum atomic E-state index is 12.8. The fourth-order valence-corrected chi connectivity index (χ4v) is 4.31. The second-order valence-corrected chi connectivity index (χ2v) is 7.45. The van der Waals surface area contributed by atoms with Crippen LogP contribution in [0, 0.1) is 0 Å². The Morgan fingerprint density at radius 3 is 2.38 bits per heavy atom. The Kier molecular flexibility index (Phi) is 5.24. The molecule has 9 heteroatoms. The van der Waals surface area contributed by atoms with Gasteiger partial charge in [0.2, 0.25) is 10.0 Å². The minimum atomic E-state index is -4.66. The second-order valence-electron chi connectivity index (χ2n) is 5.77. The van der Waals surface area contributed by atoms with Crippen molar-refractivity contribution in [2.75, 3.05) is 7.11 Å². The number of nitrogens with one attached hydrogen (secondary N) is 1. The van der Waals surface area contributed by atoms with Gasteiger partial charge in [-0.2, -0.15) is 17.9 Å². The van der Waals surface area contributed by atoms with E-state index >= 15 is 0 Å². The highest BCUT2D eigenvalue weighted by Crippen LogP contribution is 2.33. The molecule has 134 valence electrons. The fourth-order valence-electron chi connectivity index (χ4n) is 2.85. The normalized spacial score (nSPS) is 18.2. The quantitative estimate of drug-likeness (QED) is 0.833. The number of rotatable bonds is 4. The van der Waals surface area contributed by atoms with Crippen LogP contribution < -0.4 is 4.72 Å². The average molecular weight is 365 g/mol. The molecule has 0 amide bonds. The number of hydrogen-bond donors (Lipinski definition) is 1. The van der Waals surface area contributed by atoms with Crippen LogP contribution >= 0.6 is 0 Å². The molecule has 0 saturated heterocycles. The van der Waals surface area contributed by atoms with Crippen LogP contribution in [0.15, 0.2) is 29.2 Å². The van der Waals surface area contributed by atoms with Gasteiger partial charge in [0.1, 0.15) is 5.54 Å². The summed E-state index contributed by atoms with van der Waals surface area (Å²) in [7, 11) is -3.16. The van der Waals surface area contributed by atoms with Crippen LogP contribution in [0.5, 0.6) is 0 Å². The van der Waals surface area contributed by atoms with Crippen LogP contribution in [-0.4, -0.2) is 27.0 Å². The molecule has 0 aromatic heterocycles. The molecule has 1 aromatic rings. The highest BCUT2D eigenvalue weighted by atomic mass is 32.2. The number of alkyl halides is 3. The zero-order chi connectivity index (χ0) is 18.0. The summed E-state index contributed by atoms with van der Waals surface area (Å²) in [4.78, 5) is 11.6. The monoisotopic (exact) mass is 365 g/mol. The van der Waals surface area contributed by atoms with Crippen LogP contribution in [0.4, 0.5) is 13.2 Å². The lowest BCUT2D eigenvalue weighted by Gasteiger charge is -2.34. The molecule has 1 N–H and O–H groups in total. The first-order chi connectivity index (χ1) is 11.1. The molecule has 0 bridgehead atoms. The molecule has 1 aliphatic carbocycles. The van der Waals surface area contributed by atoms with Gasteiger partial charge in [-0.05, 0) is 31.0 Å². The van der Waals surface area contributed by atoms with Crippen molar-refractivity contribution in [1.82, 2.24) is 4.72 Å². The standard InChI is InChI=1S/C15H18F3NO4S/c1-23-13(20)14(8-3-2-4-9-14)19-24(21,22)12-7-5-6-11(10-12)15(16,17)18/h5-7,10,19H,2-4,8-9H2,1H3. The third kappa shape index (κ3) is 3.89. The summed E-state index contributed by atoms with van der Waals surface area (Å²) in [6.45, 7) is 0. The molecule has 1 aliphatic rings. The first-order valence-electron chi connectivity index (χ1n) is 7.40. The van der Waals surface area contributed by atoms with Gasteiger partial charge < -0.3 is 4.74 Å². The maximum absolute atomic E-state index is 12.8. The highest BCUT2D eigenvalue weighted by Gasteiger charge is 2.44. The first-order valence-corrected chi connectivity index (χ1v) is 8.89. The van der Waals surface area contributed by atoms with Crippen molar-refractivity contribution >= 4 is 16.0 Å². The third-order valence-electron chi connectivity index (χ3n) is 4.08. The number of esters is 1. The fraction of sp³-hybridized carbons (Fsp3) is 0.533. The van der Waals surface area contributed by atoms with Crippen LogP contribution in [-0.2, 0) is 25.7 Å². The largest absolute Gasteiger partial charge is 0.468 e. The van der Waals surface area contributed by atoms with Gasteiger partial charge in [0, 0.05) is 0 Å². The zero-order valence-electron chi connectivity index (χ0n) is 13.0. The number of hydrogen-bond acceptors (Lipinski definition) is 4. The molecule has 0 spiro atoms. The summed E-state index contributed by atoms with van der Waals surface area (Å²) in [5.41, 5.74) is -2.50. The van der Waals surface area contributed by atoms with Crippen molar-refractivity contribution in [2.24, 2.45) is 0 Å². The molecule has 0 radical (unpaired) electrons. The van der Waals surface area contributed by atoms with E-state index in [-0.39, 0.29) is 12.8 Å². The van der Waals surface area contributed by atoms with E-state index in [1.165, 1.54) is 0 Å². The molecule has 2 rings (SSSR count). The maximum Gasteiger partial charge on any atom is 0.416 e. The van der Waals surface area contributed by atoms with Gasteiger partial charge in [-0.1, -0.05) is 25.3 Å². The molecule has 1 saturated carbocycles. The van der Waals surface area contributed by atoms with Crippen molar-refractivity contribution in [3.8, 4) is 0 Å². The van der Waals surface area contributed by atoms with Gasteiger partial charge in [-0.15, -0.1) is 0 Å². The van der Waals surface area contributed by atoms with E-state index in [0.29, 0.717) is 18.9 Å². The topological polar surface area (TPSA) is 72.5 Å². The Bertz CT molecular complexity index is 710. The van der Waals surface area contributed by atoms with Crippen LogP contribution in [0.2, 0.25) is 0 Å². The Hall–Kier alpha value is -1.61. The van der Waals surface area contributed by atoms with Crippen LogP contribution in [0.25, 0.3) is 0 Å². The van der Waals surface area contributed by atoms with Gasteiger partial charge in [-0.3, -0.25) is 4.79 Å². The average Bonchev–Trinajstić information content (AvgIpc) is 2.54. The van der Waals surface area contributed by atoms with Crippen LogP contribution in [0.1, 0.15) is 37.7 Å². The molecule has 5 nitrogen and oxygen atoms in total. The van der Waals surface area contributed by atoms with Crippen molar-refractivity contribution < 1.29 is 31.1 Å². The number of benzene rings is 1. The number of carbonyl (C=O) groups is 1. The van der Waals surface area contributed by atoms with E-state index in [0.717, 1.165) is 31.7 Å². The predicted molar refractivity (Wildman–Crippen MR) is 79.6 cm³/mol. The Balaban J connectivity index is 2.37. The van der Waals surface area contributed by atoms with E-state index in [1.54, 1.807) is 0 Å². The number of carbonyl (C=O) groups excluding carboxylic acids is 1. The van der Waals surface area contributed by atoms with E-state index in [2.05, 4.69) is 4.72 Å². The minimum Gasteiger partial charge on any atom is -0.468 e. The Morgan fingerprint density at radius 1 is 1.21 bits per heavy atom. The van der Waals surface area contributed by atoms with Gasteiger partial charge in [0.25, 0.3) is 0 Å². The summed E-state index contributed by atoms with van der Waals surface area (Å²) in [5, 5.41) is 0. The smallest absolute Gasteiger partial charge is 0.416 e. The van der Waals surface area contributed by atoms with Crippen molar-refractivity contribution in [1.29, 1.82) is 0 Å². The molecule has 0 unspecified atom stereocenters. The van der Waals surface area contributed by atoms with E-state index in [1.807, 2.05) is 0 Å². The van der Waals surface area contributed by atoms with Gasteiger partial charge >= 0.3 is 12.1 Å². The van der Waals surface area contributed by atoms with Crippen LogP contribution in [0.3, 0.4) is 0 Å². The summed E-state index contributed by atoms with van der Waals surface area (Å²) < 4.78 is 70.4. The summed E-state index contributed by atoms with van der Waals surface area (Å²) in [5.74, 6) is -0.724. The first kappa shape index (κ1) is 18.7. The number of methoxy groups -OCH3 is 1. The molecule has 0 aliphatic heterocycles. The molecule has 0 atom stereocenters. The summed E-state index contributed by atoms with van der Waals surface area (Å²) in [6.07, 6.45) is -2.06. The Labute approximate surface area is 138 Å². The number of ether oxygens (including phenoxy) is 1. The van der Waals surface area contributed by atoms with Crippen molar-refractivity contribution in [2.45, 2.75) is 48.7 Å². The Morgan fingerprint density at radius 2 is 1.83 bits per heavy atom. The lowest BCUT2D eigenvalue weighted by atomic mass is 9.83. The molecule has 1 aromatic carbocycles. The number of halogens is 3. The van der Waals surface area contributed by atoms with Gasteiger partial charge in [0.15, 0.2) is 0 Å². The molecular weight excluding hydrogens is 347 g/mol. The molecule has 1 fully saturated rings. The molecule has 24 heavy (non-hydrogen) atoms. The van der Waals surface area contributed by atoms with Crippen molar-refractivity contribution in [3.05, 3.63) is 29.8 Å². The zero-order valence-corrected chi connectivity index (χ0v) is 13.8. The molecular formula is C15H18F3NO4S. The number of sulfonamides is 1. The third-order valence-corrected chi connectivity index (χ3v) is 5.62. The lowest BCUT2D eigenvalue weighted by molar-refractivity contribution is -0.149. The highest BCUT2D eigenvalue weighted by molar-refractivity contribution is 7.89. The van der Waals surface area contributed by atoms with E-state index in [9.17, 15) is 26.4 Å². The van der Waals surface area contributed by atoms with Crippen molar-refractivity contribution in [3.63, 3.8) is 0 Å². The van der Waals surface area contributed by atoms with Gasteiger partial charge in [-0.25, -0.2) is 8.42 Å². The summed E-state index contributed by atoms with van der Waals surface area (Å²) in [6, 6.07) is 3.42. The SMILES string of the molecule is COC(=O)C1(NS(=O)(=O)c2cccc(C(F)(F)F)c2)CCCCC1. The summed E-state index contributed by atoms with van der Waals surface area (Å²) >= 11 is 0. The molecule has 0 heterocycles. The van der Waals surface area contributed by atoms with E-state index < -0.39 is 38.2 Å². The lowest BCUT2D eigenvalue weighted by Crippen LogP contribution is -2.55. The minimum absolute atomic E-state index is 0.248. The van der Waals surface area contributed by atoms with Gasteiger partial charge in [0.05, 0.1) is 17.6 Å².